The van der Waals surface area contributed by atoms with Crippen molar-refractivity contribution >= 4 is 22.0 Å². The number of nitrogens with zero attached hydrogens (tertiary/aromatic N) is 1. The van der Waals surface area contributed by atoms with Crippen molar-refractivity contribution in [3.63, 3.8) is 0 Å². The van der Waals surface area contributed by atoms with E-state index in [1.54, 1.807) is 32.9 Å². The molecule has 1 aromatic rings. The van der Waals surface area contributed by atoms with E-state index < -0.39 is 24.5 Å². The van der Waals surface area contributed by atoms with Crippen molar-refractivity contribution in [3.05, 3.63) is 28.2 Å². The molecular weight excluding hydrogens is 441 g/mol. The van der Waals surface area contributed by atoms with E-state index in [0.717, 1.165) is 23.9 Å². The first-order chi connectivity index (χ1) is 12.9. The molecule has 1 aliphatic heterocycles. The van der Waals surface area contributed by atoms with Gasteiger partial charge in [0.1, 0.15) is 11.4 Å². The number of carbonyl (C=O) groups is 1. The van der Waals surface area contributed by atoms with Gasteiger partial charge in [0.15, 0.2) is 6.61 Å². The summed E-state index contributed by atoms with van der Waals surface area (Å²) in [4.78, 5) is 14.1. The Morgan fingerprint density at radius 1 is 1.32 bits per heavy atom. The molecule has 1 unspecified atom stereocenters. The van der Waals surface area contributed by atoms with Crippen molar-refractivity contribution in [2.75, 3.05) is 19.7 Å². The minimum absolute atomic E-state index is 0.0738. The first kappa shape index (κ1) is 22.8. The molecule has 1 aliphatic rings. The molecule has 0 aliphatic carbocycles. The van der Waals surface area contributed by atoms with Crippen molar-refractivity contribution in [2.24, 2.45) is 0 Å². The van der Waals surface area contributed by atoms with Crippen LogP contribution in [0, 0.1) is 0 Å². The average Bonchev–Trinajstić information content (AvgIpc) is 2.51. The van der Waals surface area contributed by atoms with Crippen LogP contribution in [0.2, 0.25) is 0 Å². The Morgan fingerprint density at radius 3 is 2.68 bits per heavy atom. The Balaban J connectivity index is 1.99. The number of alkyl halides is 3. The topological polar surface area (TPSA) is 50.8 Å². The van der Waals surface area contributed by atoms with Crippen molar-refractivity contribution in [1.82, 2.24) is 10.2 Å². The van der Waals surface area contributed by atoms with Crippen LogP contribution in [0.1, 0.15) is 39.2 Å². The molecule has 0 saturated carbocycles. The van der Waals surface area contributed by atoms with Gasteiger partial charge >= 0.3 is 12.3 Å². The third-order valence-electron chi connectivity index (χ3n) is 4.03. The number of nitrogens with one attached hydrogen (secondary N) is 1. The average molecular weight is 467 g/mol. The standard InChI is InChI=1S/C19H26BrF3N2O3/c1-18(2,3)28-17(26)24-15-5-4-8-25(11-15)10-13-9-14(20)6-7-16(13)27-12-19(21,22)23/h6-7,9,15H,4-5,8,10-12H2,1-3H3,(H,24,26). The molecule has 28 heavy (non-hydrogen) atoms. The van der Waals surface area contributed by atoms with Gasteiger partial charge in [0.05, 0.1) is 0 Å². The lowest BCUT2D eigenvalue weighted by atomic mass is 10.0. The highest BCUT2D eigenvalue weighted by molar-refractivity contribution is 9.10. The lowest BCUT2D eigenvalue weighted by Gasteiger charge is -2.34. The van der Waals surface area contributed by atoms with E-state index in [1.165, 1.54) is 6.07 Å². The van der Waals surface area contributed by atoms with E-state index >= 15 is 0 Å². The molecule has 1 amide bonds. The van der Waals surface area contributed by atoms with Gasteiger partial charge in [-0.3, -0.25) is 4.90 Å². The molecule has 1 fully saturated rings. The highest BCUT2D eigenvalue weighted by Gasteiger charge is 2.29. The van der Waals surface area contributed by atoms with Crippen LogP contribution in [-0.2, 0) is 11.3 Å². The normalized spacial score (nSPS) is 18.6. The maximum Gasteiger partial charge on any atom is 0.422 e. The minimum Gasteiger partial charge on any atom is -0.484 e. The van der Waals surface area contributed by atoms with Gasteiger partial charge in [-0.15, -0.1) is 0 Å². The number of alkyl carbamates (subject to hydrolysis) is 1. The van der Waals surface area contributed by atoms with Crippen LogP contribution >= 0.6 is 15.9 Å². The highest BCUT2D eigenvalue weighted by atomic mass is 79.9. The molecule has 0 radical (unpaired) electrons. The number of likely N-dealkylation sites (tertiary alicyclic amines) is 1. The number of amides is 1. The van der Waals surface area contributed by atoms with Crippen LogP contribution < -0.4 is 10.1 Å². The zero-order chi connectivity index (χ0) is 20.9. The SMILES string of the molecule is CC(C)(C)OC(=O)NC1CCCN(Cc2cc(Br)ccc2OCC(F)(F)F)C1. The highest BCUT2D eigenvalue weighted by Crippen LogP contribution is 2.27. The number of ether oxygens (including phenoxy) is 2. The van der Waals surface area contributed by atoms with Crippen molar-refractivity contribution in [3.8, 4) is 5.75 Å². The lowest BCUT2D eigenvalue weighted by molar-refractivity contribution is -0.153. The molecule has 5 nitrogen and oxygen atoms in total. The van der Waals surface area contributed by atoms with Gasteiger partial charge in [-0.2, -0.15) is 13.2 Å². The molecule has 0 bridgehead atoms. The first-order valence-corrected chi connectivity index (χ1v) is 9.90. The zero-order valence-electron chi connectivity index (χ0n) is 16.2. The monoisotopic (exact) mass is 466 g/mol. The number of piperidine rings is 1. The van der Waals surface area contributed by atoms with Crippen molar-refractivity contribution in [1.29, 1.82) is 0 Å². The molecule has 1 atom stereocenters. The summed E-state index contributed by atoms with van der Waals surface area (Å²) in [6.07, 6.45) is -3.16. The van der Waals surface area contributed by atoms with Crippen LogP contribution in [0.4, 0.5) is 18.0 Å². The van der Waals surface area contributed by atoms with Crippen molar-refractivity contribution in [2.45, 2.75) is 58.0 Å². The molecule has 0 spiro atoms. The number of carbonyl (C=O) groups excluding carboxylic acids is 1. The molecule has 9 heteroatoms. The number of halogens is 4. The maximum atomic E-state index is 12.5. The Bertz CT molecular complexity index is 677. The maximum absolute atomic E-state index is 12.5. The molecule has 1 heterocycles. The van der Waals surface area contributed by atoms with Crippen LogP contribution in [-0.4, -0.2) is 48.5 Å². The fraction of sp³-hybridized carbons (Fsp3) is 0.632. The molecule has 1 saturated heterocycles. The van der Waals surface area contributed by atoms with Gasteiger partial charge in [0.2, 0.25) is 0 Å². The van der Waals surface area contributed by atoms with Crippen LogP contribution in [0.15, 0.2) is 22.7 Å². The summed E-state index contributed by atoms with van der Waals surface area (Å²) in [5, 5.41) is 2.87. The summed E-state index contributed by atoms with van der Waals surface area (Å²) in [6.45, 7) is 5.88. The smallest absolute Gasteiger partial charge is 0.422 e. The van der Waals surface area contributed by atoms with E-state index in [1.807, 2.05) is 0 Å². The molecule has 158 valence electrons. The van der Waals surface area contributed by atoms with E-state index in [4.69, 9.17) is 9.47 Å². The lowest BCUT2D eigenvalue weighted by Crippen LogP contribution is -2.48. The minimum atomic E-state index is -4.39. The fourth-order valence-corrected chi connectivity index (χ4v) is 3.41. The van der Waals surface area contributed by atoms with E-state index in [9.17, 15) is 18.0 Å². The Hall–Kier alpha value is -1.48. The zero-order valence-corrected chi connectivity index (χ0v) is 17.8. The van der Waals surface area contributed by atoms with Crippen LogP contribution in [0.5, 0.6) is 5.75 Å². The molecular formula is C19H26BrF3N2O3. The summed E-state index contributed by atoms with van der Waals surface area (Å²) in [5.74, 6) is 0.211. The van der Waals surface area contributed by atoms with Crippen LogP contribution in [0.3, 0.4) is 0 Å². The quantitative estimate of drug-likeness (QED) is 0.671. The van der Waals surface area contributed by atoms with Crippen molar-refractivity contribution < 1.29 is 27.4 Å². The van der Waals surface area contributed by atoms with Gasteiger partial charge < -0.3 is 14.8 Å². The van der Waals surface area contributed by atoms with Gasteiger partial charge in [0.25, 0.3) is 0 Å². The van der Waals surface area contributed by atoms with Gasteiger partial charge in [-0.25, -0.2) is 4.79 Å². The summed E-state index contributed by atoms with van der Waals surface area (Å²) in [6, 6.07) is 4.87. The van der Waals surface area contributed by atoms with E-state index in [-0.39, 0.29) is 11.8 Å². The molecule has 0 aromatic heterocycles. The first-order valence-electron chi connectivity index (χ1n) is 9.11. The van der Waals surface area contributed by atoms with Gasteiger partial charge in [0, 0.05) is 29.2 Å². The second kappa shape index (κ2) is 9.35. The second-order valence-corrected chi connectivity index (χ2v) is 8.79. The largest absolute Gasteiger partial charge is 0.484 e. The van der Waals surface area contributed by atoms with E-state index in [0.29, 0.717) is 18.7 Å². The third-order valence-corrected chi connectivity index (χ3v) is 4.53. The Morgan fingerprint density at radius 2 is 2.04 bits per heavy atom. The molecule has 2 rings (SSSR count). The van der Waals surface area contributed by atoms with E-state index in [2.05, 4.69) is 26.1 Å². The van der Waals surface area contributed by atoms with Gasteiger partial charge in [-0.1, -0.05) is 15.9 Å². The van der Waals surface area contributed by atoms with Crippen LogP contribution in [0.25, 0.3) is 0 Å². The fourth-order valence-electron chi connectivity index (χ4n) is 3.00. The Labute approximate surface area is 171 Å². The van der Waals surface area contributed by atoms with Gasteiger partial charge in [-0.05, 0) is 58.4 Å². The molecule has 1 N–H and O–H groups in total. The summed E-state index contributed by atoms with van der Waals surface area (Å²) in [5.41, 5.74) is 0.0935. The predicted molar refractivity (Wildman–Crippen MR) is 103 cm³/mol. The summed E-state index contributed by atoms with van der Waals surface area (Å²) >= 11 is 3.35. The Kier molecular flexibility index (Phi) is 7.61. The number of hydrogen-bond donors (Lipinski definition) is 1. The summed E-state index contributed by atoms with van der Waals surface area (Å²) in [7, 11) is 0. The third kappa shape index (κ3) is 8.26. The molecule has 1 aromatic carbocycles. The predicted octanol–water partition coefficient (Wildman–Crippen LogP) is 4.88. The number of rotatable bonds is 5. The second-order valence-electron chi connectivity index (χ2n) is 7.88. The summed E-state index contributed by atoms with van der Waals surface area (Å²) < 4.78 is 48.6. The number of hydrogen-bond acceptors (Lipinski definition) is 4. The number of benzene rings is 1.